The molecule has 1 aliphatic rings. The molecule has 0 aromatic heterocycles. The molecular formula is C13H18O. The van der Waals surface area contributed by atoms with Gasteiger partial charge in [0.15, 0.2) is 0 Å². The SMILES string of the molecule is CCCc1cc(C)c2c(c1C)COC2. The highest BCUT2D eigenvalue weighted by Gasteiger charge is 2.17. The van der Waals surface area contributed by atoms with Gasteiger partial charge in [-0.3, -0.25) is 0 Å². The van der Waals surface area contributed by atoms with E-state index in [0.29, 0.717) is 0 Å². The van der Waals surface area contributed by atoms with Crippen LogP contribution in [0.5, 0.6) is 0 Å². The fraction of sp³-hybridized carbons (Fsp3) is 0.538. The van der Waals surface area contributed by atoms with E-state index in [1.165, 1.54) is 40.7 Å². The second kappa shape index (κ2) is 3.74. The lowest BCUT2D eigenvalue weighted by atomic mass is 9.93. The first kappa shape index (κ1) is 9.72. The van der Waals surface area contributed by atoms with Crippen molar-refractivity contribution in [2.24, 2.45) is 0 Å². The first-order chi connectivity index (χ1) is 6.74. The van der Waals surface area contributed by atoms with Crippen LogP contribution in [-0.2, 0) is 24.4 Å². The molecule has 0 bridgehead atoms. The summed E-state index contributed by atoms with van der Waals surface area (Å²) in [6.07, 6.45) is 2.42. The summed E-state index contributed by atoms with van der Waals surface area (Å²) in [4.78, 5) is 0. The molecule has 76 valence electrons. The van der Waals surface area contributed by atoms with Crippen LogP contribution in [-0.4, -0.2) is 0 Å². The van der Waals surface area contributed by atoms with Gasteiger partial charge in [-0.15, -0.1) is 0 Å². The minimum atomic E-state index is 0.814. The third-order valence-corrected chi connectivity index (χ3v) is 3.18. The van der Waals surface area contributed by atoms with Crippen molar-refractivity contribution in [1.29, 1.82) is 0 Å². The second-order valence-corrected chi connectivity index (χ2v) is 4.18. The van der Waals surface area contributed by atoms with Gasteiger partial charge < -0.3 is 4.74 Å². The van der Waals surface area contributed by atoms with Crippen molar-refractivity contribution in [3.8, 4) is 0 Å². The Morgan fingerprint density at radius 3 is 2.64 bits per heavy atom. The minimum Gasteiger partial charge on any atom is -0.372 e. The normalized spacial score (nSPS) is 14.5. The zero-order valence-electron chi connectivity index (χ0n) is 9.31. The van der Waals surface area contributed by atoms with Crippen molar-refractivity contribution in [2.75, 3.05) is 0 Å². The van der Waals surface area contributed by atoms with Gasteiger partial charge >= 0.3 is 0 Å². The number of benzene rings is 1. The molecule has 0 spiro atoms. The van der Waals surface area contributed by atoms with Gasteiger partial charge in [-0.25, -0.2) is 0 Å². The molecule has 0 atom stereocenters. The van der Waals surface area contributed by atoms with Crippen molar-refractivity contribution in [3.63, 3.8) is 0 Å². The average Bonchev–Trinajstić information content (AvgIpc) is 2.63. The van der Waals surface area contributed by atoms with Crippen LogP contribution in [0.2, 0.25) is 0 Å². The first-order valence-corrected chi connectivity index (χ1v) is 5.42. The van der Waals surface area contributed by atoms with Crippen molar-refractivity contribution in [3.05, 3.63) is 33.9 Å². The summed E-state index contributed by atoms with van der Waals surface area (Å²) in [5, 5.41) is 0. The summed E-state index contributed by atoms with van der Waals surface area (Å²) >= 11 is 0. The molecule has 0 fully saturated rings. The molecular weight excluding hydrogens is 172 g/mol. The van der Waals surface area contributed by atoms with Crippen LogP contribution in [0.25, 0.3) is 0 Å². The van der Waals surface area contributed by atoms with Gasteiger partial charge in [-0.05, 0) is 48.1 Å². The number of ether oxygens (including phenoxy) is 1. The summed E-state index contributed by atoms with van der Waals surface area (Å²) in [5.41, 5.74) is 7.27. The summed E-state index contributed by atoms with van der Waals surface area (Å²) in [6, 6.07) is 2.34. The smallest absolute Gasteiger partial charge is 0.0727 e. The van der Waals surface area contributed by atoms with Crippen LogP contribution >= 0.6 is 0 Å². The van der Waals surface area contributed by atoms with E-state index >= 15 is 0 Å². The van der Waals surface area contributed by atoms with E-state index in [0.717, 1.165) is 13.2 Å². The summed E-state index contributed by atoms with van der Waals surface area (Å²) in [5.74, 6) is 0. The molecule has 1 aromatic carbocycles. The van der Waals surface area contributed by atoms with Crippen LogP contribution < -0.4 is 0 Å². The molecule has 1 nitrogen and oxygen atoms in total. The predicted molar refractivity (Wildman–Crippen MR) is 58.4 cm³/mol. The van der Waals surface area contributed by atoms with E-state index < -0.39 is 0 Å². The number of hydrogen-bond acceptors (Lipinski definition) is 1. The van der Waals surface area contributed by atoms with Gasteiger partial charge in [-0.2, -0.15) is 0 Å². The van der Waals surface area contributed by atoms with Gasteiger partial charge in [0, 0.05) is 0 Å². The highest BCUT2D eigenvalue weighted by molar-refractivity contribution is 5.46. The quantitative estimate of drug-likeness (QED) is 0.695. The summed E-state index contributed by atoms with van der Waals surface area (Å²) in [7, 11) is 0. The lowest BCUT2D eigenvalue weighted by Crippen LogP contribution is -1.98. The lowest BCUT2D eigenvalue weighted by Gasteiger charge is -2.11. The molecule has 2 rings (SSSR count). The molecule has 0 saturated carbocycles. The molecule has 0 saturated heterocycles. The zero-order chi connectivity index (χ0) is 10.1. The maximum Gasteiger partial charge on any atom is 0.0727 e. The van der Waals surface area contributed by atoms with Crippen LogP contribution in [0.1, 0.15) is 41.2 Å². The zero-order valence-corrected chi connectivity index (χ0v) is 9.31. The monoisotopic (exact) mass is 190 g/mol. The van der Waals surface area contributed by atoms with Crippen molar-refractivity contribution in [1.82, 2.24) is 0 Å². The van der Waals surface area contributed by atoms with Crippen LogP contribution in [0.4, 0.5) is 0 Å². The van der Waals surface area contributed by atoms with Gasteiger partial charge in [0.25, 0.3) is 0 Å². The Kier molecular flexibility index (Phi) is 2.60. The van der Waals surface area contributed by atoms with Gasteiger partial charge in [0.2, 0.25) is 0 Å². The third-order valence-electron chi connectivity index (χ3n) is 3.18. The van der Waals surface area contributed by atoms with Crippen LogP contribution in [0.15, 0.2) is 6.07 Å². The summed E-state index contributed by atoms with van der Waals surface area (Å²) < 4.78 is 5.51. The average molecular weight is 190 g/mol. The molecule has 0 aliphatic carbocycles. The number of aryl methyl sites for hydroxylation is 2. The van der Waals surface area contributed by atoms with Crippen molar-refractivity contribution in [2.45, 2.75) is 46.8 Å². The molecule has 1 heteroatoms. The van der Waals surface area contributed by atoms with Gasteiger partial charge in [0.1, 0.15) is 0 Å². The highest BCUT2D eigenvalue weighted by Crippen LogP contribution is 2.29. The fourth-order valence-corrected chi connectivity index (χ4v) is 2.30. The number of hydrogen-bond donors (Lipinski definition) is 0. The van der Waals surface area contributed by atoms with Gasteiger partial charge in [0.05, 0.1) is 13.2 Å². The Balaban J connectivity index is 2.50. The van der Waals surface area contributed by atoms with Crippen molar-refractivity contribution >= 4 is 0 Å². The maximum absolute atomic E-state index is 5.51. The van der Waals surface area contributed by atoms with Crippen molar-refractivity contribution < 1.29 is 4.74 Å². The first-order valence-electron chi connectivity index (χ1n) is 5.42. The Morgan fingerprint density at radius 1 is 1.21 bits per heavy atom. The predicted octanol–water partition coefficient (Wildman–Crippen LogP) is 3.29. The molecule has 0 N–H and O–H groups in total. The molecule has 0 amide bonds. The Bertz CT molecular complexity index is 353. The molecule has 1 aromatic rings. The highest BCUT2D eigenvalue weighted by atomic mass is 16.5. The van der Waals surface area contributed by atoms with E-state index in [-0.39, 0.29) is 0 Å². The fourth-order valence-electron chi connectivity index (χ4n) is 2.30. The minimum absolute atomic E-state index is 0.814. The van der Waals surface area contributed by atoms with Crippen LogP contribution in [0.3, 0.4) is 0 Å². The topological polar surface area (TPSA) is 9.23 Å². The van der Waals surface area contributed by atoms with E-state index in [9.17, 15) is 0 Å². The number of fused-ring (bicyclic) bond motifs is 1. The molecule has 1 aliphatic heterocycles. The molecule has 14 heavy (non-hydrogen) atoms. The molecule has 0 unspecified atom stereocenters. The third kappa shape index (κ3) is 1.46. The second-order valence-electron chi connectivity index (χ2n) is 4.18. The summed E-state index contributed by atoms with van der Waals surface area (Å²) in [6.45, 7) is 8.30. The van der Waals surface area contributed by atoms with Gasteiger partial charge in [-0.1, -0.05) is 19.4 Å². The molecule has 0 radical (unpaired) electrons. The Labute approximate surface area is 86.1 Å². The van der Waals surface area contributed by atoms with Crippen LogP contribution in [0, 0.1) is 13.8 Å². The maximum atomic E-state index is 5.51. The lowest BCUT2D eigenvalue weighted by molar-refractivity contribution is 0.134. The Hall–Kier alpha value is -0.820. The Morgan fingerprint density at radius 2 is 1.93 bits per heavy atom. The number of rotatable bonds is 2. The molecule has 1 heterocycles. The van der Waals surface area contributed by atoms with E-state index in [1.807, 2.05) is 0 Å². The van der Waals surface area contributed by atoms with E-state index in [4.69, 9.17) is 4.74 Å². The van der Waals surface area contributed by atoms with E-state index in [2.05, 4.69) is 26.8 Å². The van der Waals surface area contributed by atoms with E-state index in [1.54, 1.807) is 0 Å². The standard InChI is InChI=1S/C13H18O/c1-4-5-11-6-9(2)12-7-14-8-13(12)10(11)3/h6H,4-5,7-8H2,1-3H3. The largest absolute Gasteiger partial charge is 0.372 e.